The lowest BCUT2D eigenvalue weighted by atomic mass is 10.1. The van der Waals surface area contributed by atoms with E-state index in [9.17, 15) is 0 Å². The second-order valence-corrected chi connectivity index (χ2v) is 6.21. The van der Waals surface area contributed by atoms with Gasteiger partial charge in [-0.15, -0.1) is 0 Å². The van der Waals surface area contributed by atoms with Crippen LogP contribution in [0.1, 0.15) is 25.0 Å². The molecule has 130 valence electrons. The van der Waals surface area contributed by atoms with Gasteiger partial charge in [-0.1, -0.05) is 0 Å². The largest absolute Gasteiger partial charge is 0.494 e. The Kier molecular flexibility index (Phi) is 3.91. The first kappa shape index (κ1) is 15.7. The number of ether oxygens (including phenoxy) is 2. The van der Waals surface area contributed by atoms with Gasteiger partial charge in [0.1, 0.15) is 29.7 Å². The van der Waals surface area contributed by atoms with Gasteiger partial charge >= 0.3 is 0 Å². The van der Waals surface area contributed by atoms with E-state index in [1.54, 1.807) is 17.2 Å². The summed E-state index contributed by atoms with van der Waals surface area (Å²) in [6, 6.07) is 4.16. The SMILES string of the molecule is CCOc1cc2c(cc1CNc1ncnc3c1cnn3C)O[C@@H](C)C2. The quantitative estimate of drug-likeness (QED) is 0.770. The van der Waals surface area contributed by atoms with Gasteiger partial charge in [0.25, 0.3) is 0 Å². The third-order valence-electron chi connectivity index (χ3n) is 4.35. The van der Waals surface area contributed by atoms with Crippen LogP contribution in [0.3, 0.4) is 0 Å². The maximum atomic E-state index is 5.88. The van der Waals surface area contributed by atoms with Crippen LogP contribution in [0.5, 0.6) is 11.5 Å². The fourth-order valence-corrected chi connectivity index (χ4v) is 3.19. The van der Waals surface area contributed by atoms with Crippen molar-refractivity contribution in [2.45, 2.75) is 32.9 Å². The van der Waals surface area contributed by atoms with Crippen molar-refractivity contribution in [2.75, 3.05) is 11.9 Å². The van der Waals surface area contributed by atoms with Crippen molar-refractivity contribution in [1.82, 2.24) is 19.7 Å². The van der Waals surface area contributed by atoms with Gasteiger partial charge in [-0.05, 0) is 26.0 Å². The van der Waals surface area contributed by atoms with Gasteiger partial charge in [-0.25, -0.2) is 9.97 Å². The van der Waals surface area contributed by atoms with E-state index in [1.807, 2.05) is 14.0 Å². The first-order chi connectivity index (χ1) is 12.2. The second-order valence-electron chi connectivity index (χ2n) is 6.21. The van der Waals surface area contributed by atoms with Crippen LogP contribution in [0.4, 0.5) is 5.82 Å². The lowest BCUT2D eigenvalue weighted by Crippen LogP contribution is -2.06. The van der Waals surface area contributed by atoms with Crippen molar-refractivity contribution in [3.05, 3.63) is 35.8 Å². The Morgan fingerprint density at radius 2 is 2.24 bits per heavy atom. The molecule has 0 aliphatic carbocycles. The third kappa shape index (κ3) is 2.86. The number of aryl methyl sites for hydroxylation is 1. The summed E-state index contributed by atoms with van der Waals surface area (Å²) in [7, 11) is 1.87. The van der Waals surface area contributed by atoms with Crippen LogP contribution in [0, 0.1) is 0 Å². The lowest BCUT2D eigenvalue weighted by Gasteiger charge is -2.14. The molecule has 2 aromatic heterocycles. The molecule has 3 heterocycles. The number of nitrogens with zero attached hydrogens (tertiary/aromatic N) is 4. The summed E-state index contributed by atoms with van der Waals surface area (Å²) in [5, 5.41) is 8.52. The fraction of sp³-hybridized carbons (Fsp3) is 0.389. The summed E-state index contributed by atoms with van der Waals surface area (Å²) < 4.78 is 13.5. The van der Waals surface area contributed by atoms with Gasteiger partial charge < -0.3 is 14.8 Å². The van der Waals surface area contributed by atoms with E-state index >= 15 is 0 Å². The summed E-state index contributed by atoms with van der Waals surface area (Å²) in [6.07, 6.45) is 4.45. The minimum absolute atomic E-state index is 0.213. The van der Waals surface area contributed by atoms with E-state index in [0.29, 0.717) is 13.2 Å². The molecule has 1 N–H and O–H groups in total. The Morgan fingerprint density at radius 1 is 1.36 bits per heavy atom. The molecule has 1 aromatic carbocycles. The predicted octanol–water partition coefficient (Wildman–Crippen LogP) is 2.70. The van der Waals surface area contributed by atoms with Crippen molar-refractivity contribution < 1.29 is 9.47 Å². The van der Waals surface area contributed by atoms with Crippen molar-refractivity contribution in [2.24, 2.45) is 7.05 Å². The van der Waals surface area contributed by atoms with E-state index in [-0.39, 0.29) is 6.10 Å². The van der Waals surface area contributed by atoms with E-state index in [4.69, 9.17) is 9.47 Å². The number of fused-ring (bicyclic) bond motifs is 2. The molecule has 1 aliphatic rings. The van der Waals surface area contributed by atoms with Crippen LogP contribution in [0.2, 0.25) is 0 Å². The van der Waals surface area contributed by atoms with Gasteiger partial charge in [0.2, 0.25) is 0 Å². The molecular formula is C18H21N5O2. The van der Waals surface area contributed by atoms with Crippen molar-refractivity contribution >= 4 is 16.9 Å². The van der Waals surface area contributed by atoms with Crippen molar-refractivity contribution in [1.29, 1.82) is 0 Å². The zero-order valence-corrected chi connectivity index (χ0v) is 14.6. The van der Waals surface area contributed by atoms with Crippen LogP contribution in [0.15, 0.2) is 24.7 Å². The fourth-order valence-electron chi connectivity index (χ4n) is 3.19. The number of hydrogen-bond donors (Lipinski definition) is 1. The predicted molar refractivity (Wildman–Crippen MR) is 95.0 cm³/mol. The second kappa shape index (κ2) is 6.23. The summed E-state index contributed by atoms with van der Waals surface area (Å²) in [6.45, 7) is 5.29. The standard InChI is InChI=1S/C18H21N5O2/c1-4-24-15-6-12-5-11(2)25-16(12)7-13(15)8-19-17-14-9-22-23(3)18(14)21-10-20-17/h6-7,9-11H,4-5,8H2,1-3H3,(H,19,20,21)/t11-/m0/s1. The number of aromatic nitrogens is 4. The molecule has 7 heteroatoms. The van der Waals surface area contributed by atoms with E-state index < -0.39 is 0 Å². The number of anilines is 1. The molecule has 1 aliphatic heterocycles. The molecule has 0 unspecified atom stereocenters. The molecule has 4 rings (SSSR count). The average molecular weight is 339 g/mol. The van der Waals surface area contributed by atoms with Crippen LogP contribution in [-0.4, -0.2) is 32.5 Å². The third-order valence-corrected chi connectivity index (χ3v) is 4.35. The molecule has 25 heavy (non-hydrogen) atoms. The normalized spacial score (nSPS) is 15.9. The number of benzene rings is 1. The minimum atomic E-state index is 0.213. The maximum Gasteiger partial charge on any atom is 0.163 e. The van der Waals surface area contributed by atoms with Gasteiger partial charge in [0.15, 0.2) is 5.65 Å². The maximum absolute atomic E-state index is 5.88. The van der Waals surface area contributed by atoms with Crippen molar-refractivity contribution in [3.8, 4) is 11.5 Å². The Hall–Kier alpha value is -2.83. The Labute approximate surface area is 146 Å². The number of rotatable bonds is 5. The molecule has 0 amide bonds. The highest BCUT2D eigenvalue weighted by molar-refractivity contribution is 5.85. The van der Waals surface area contributed by atoms with Crippen LogP contribution in [-0.2, 0) is 20.0 Å². The molecule has 3 aromatic rings. The zero-order valence-electron chi connectivity index (χ0n) is 14.6. The summed E-state index contributed by atoms with van der Waals surface area (Å²) >= 11 is 0. The van der Waals surface area contributed by atoms with E-state index in [1.165, 1.54) is 5.56 Å². The van der Waals surface area contributed by atoms with Gasteiger partial charge in [0, 0.05) is 31.1 Å². The Morgan fingerprint density at radius 3 is 3.08 bits per heavy atom. The summed E-state index contributed by atoms with van der Waals surface area (Å²) in [4.78, 5) is 8.61. The first-order valence-corrected chi connectivity index (χ1v) is 8.47. The number of nitrogens with one attached hydrogen (secondary N) is 1. The topological polar surface area (TPSA) is 74.1 Å². The minimum Gasteiger partial charge on any atom is -0.494 e. The molecule has 0 spiro atoms. The van der Waals surface area contributed by atoms with Crippen LogP contribution in [0.25, 0.3) is 11.0 Å². The van der Waals surface area contributed by atoms with Gasteiger partial charge in [0.05, 0.1) is 18.2 Å². The molecule has 7 nitrogen and oxygen atoms in total. The van der Waals surface area contributed by atoms with Crippen LogP contribution >= 0.6 is 0 Å². The molecule has 0 bridgehead atoms. The summed E-state index contributed by atoms with van der Waals surface area (Å²) in [5.41, 5.74) is 3.05. The van der Waals surface area contributed by atoms with Crippen LogP contribution < -0.4 is 14.8 Å². The van der Waals surface area contributed by atoms with E-state index in [2.05, 4.69) is 39.4 Å². The van der Waals surface area contributed by atoms with Crippen molar-refractivity contribution in [3.63, 3.8) is 0 Å². The lowest BCUT2D eigenvalue weighted by molar-refractivity contribution is 0.254. The smallest absolute Gasteiger partial charge is 0.163 e. The molecular weight excluding hydrogens is 318 g/mol. The molecule has 1 atom stereocenters. The molecule has 0 saturated heterocycles. The molecule has 0 radical (unpaired) electrons. The Balaban J connectivity index is 1.63. The average Bonchev–Trinajstić information content (AvgIpc) is 3.15. The Bertz CT molecular complexity index is 921. The van der Waals surface area contributed by atoms with Gasteiger partial charge in [-0.3, -0.25) is 4.68 Å². The number of hydrogen-bond acceptors (Lipinski definition) is 6. The highest BCUT2D eigenvalue weighted by Crippen LogP contribution is 2.35. The molecule has 0 fully saturated rings. The zero-order chi connectivity index (χ0) is 17.4. The summed E-state index contributed by atoms with van der Waals surface area (Å²) in [5.74, 6) is 2.60. The van der Waals surface area contributed by atoms with Gasteiger partial charge in [-0.2, -0.15) is 5.10 Å². The highest BCUT2D eigenvalue weighted by Gasteiger charge is 2.22. The first-order valence-electron chi connectivity index (χ1n) is 8.47. The monoisotopic (exact) mass is 339 g/mol. The highest BCUT2D eigenvalue weighted by atomic mass is 16.5. The molecule has 0 saturated carbocycles. The van der Waals surface area contributed by atoms with E-state index in [0.717, 1.165) is 40.3 Å².